The highest BCUT2D eigenvalue weighted by Crippen LogP contribution is 2.32. The Morgan fingerprint density at radius 2 is 1.85 bits per heavy atom. The number of oxazole rings is 1. The van der Waals surface area contributed by atoms with Gasteiger partial charge in [-0.3, -0.25) is 0 Å². The number of aromatic nitrogens is 1. The quantitative estimate of drug-likeness (QED) is 0.793. The van der Waals surface area contributed by atoms with Crippen molar-refractivity contribution in [2.45, 2.75) is 12.5 Å². The maximum absolute atomic E-state index is 6.42. The third-order valence-electron chi connectivity index (χ3n) is 3.42. The molecular weight excluding hydrogens is 252 g/mol. The number of nitrogens with two attached hydrogens (primary N) is 1. The van der Waals surface area contributed by atoms with Gasteiger partial charge in [0.1, 0.15) is 11.3 Å². The summed E-state index contributed by atoms with van der Waals surface area (Å²) in [6.07, 6.45) is 0. The summed E-state index contributed by atoms with van der Waals surface area (Å²) in [4.78, 5) is 4.51. The van der Waals surface area contributed by atoms with Crippen molar-refractivity contribution in [2.75, 3.05) is 7.11 Å². The Bertz CT molecular complexity index is 733. The lowest BCUT2D eigenvalue weighted by atomic mass is 9.93. The van der Waals surface area contributed by atoms with E-state index in [1.54, 1.807) is 7.11 Å². The van der Waals surface area contributed by atoms with Crippen LogP contribution in [0.25, 0.3) is 11.1 Å². The molecule has 1 atom stereocenters. The van der Waals surface area contributed by atoms with Crippen LogP contribution in [0.4, 0.5) is 0 Å². The Kier molecular flexibility index (Phi) is 2.95. The van der Waals surface area contributed by atoms with E-state index in [1.165, 1.54) is 0 Å². The average molecular weight is 268 g/mol. The standard InChI is InChI=1S/C16H16N2O2/c1-16(17,11-7-4-3-5-8-11)15-18-14-12(19-2)9-6-10-13(14)20-15/h3-10H,17H2,1-2H3. The normalized spacial score (nSPS) is 14.2. The Balaban J connectivity index is 2.15. The summed E-state index contributed by atoms with van der Waals surface area (Å²) >= 11 is 0. The lowest BCUT2D eigenvalue weighted by Gasteiger charge is -2.20. The van der Waals surface area contributed by atoms with E-state index in [-0.39, 0.29) is 0 Å². The van der Waals surface area contributed by atoms with Crippen LogP contribution in [0.3, 0.4) is 0 Å². The van der Waals surface area contributed by atoms with Crippen molar-refractivity contribution in [3.05, 3.63) is 60.0 Å². The number of hydrogen-bond donors (Lipinski definition) is 1. The van der Waals surface area contributed by atoms with Gasteiger partial charge in [-0.15, -0.1) is 0 Å². The molecule has 1 unspecified atom stereocenters. The molecule has 2 N–H and O–H groups in total. The van der Waals surface area contributed by atoms with E-state index in [4.69, 9.17) is 14.9 Å². The molecular formula is C16H16N2O2. The van der Waals surface area contributed by atoms with Gasteiger partial charge in [-0.1, -0.05) is 36.4 Å². The molecule has 20 heavy (non-hydrogen) atoms. The lowest BCUT2D eigenvalue weighted by Crippen LogP contribution is -2.34. The van der Waals surface area contributed by atoms with E-state index in [0.717, 1.165) is 5.56 Å². The second-order valence-electron chi connectivity index (χ2n) is 4.89. The van der Waals surface area contributed by atoms with E-state index in [2.05, 4.69) is 4.98 Å². The molecule has 102 valence electrons. The maximum Gasteiger partial charge on any atom is 0.220 e. The number of rotatable bonds is 3. The van der Waals surface area contributed by atoms with Gasteiger partial charge < -0.3 is 14.9 Å². The van der Waals surface area contributed by atoms with Crippen molar-refractivity contribution < 1.29 is 9.15 Å². The minimum atomic E-state index is -0.786. The third kappa shape index (κ3) is 1.94. The van der Waals surface area contributed by atoms with E-state index in [1.807, 2.05) is 55.5 Å². The summed E-state index contributed by atoms with van der Waals surface area (Å²) in [5.74, 6) is 1.16. The monoisotopic (exact) mass is 268 g/mol. The van der Waals surface area contributed by atoms with Crippen LogP contribution in [0.2, 0.25) is 0 Å². The zero-order valence-corrected chi connectivity index (χ0v) is 11.5. The molecule has 3 rings (SSSR count). The van der Waals surface area contributed by atoms with Crippen LogP contribution in [-0.2, 0) is 5.54 Å². The van der Waals surface area contributed by atoms with Crippen LogP contribution < -0.4 is 10.5 Å². The zero-order valence-electron chi connectivity index (χ0n) is 11.5. The summed E-state index contributed by atoms with van der Waals surface area (Å²) in [6, 6.07) is 15.4. The van der Waals surface area contributed by atoms with Gasteiger partial charge in [0.05, 0.1) is 7.11 Å². The summed E-state index contributed by atoms with van der Waals surface area (Å²) in [5, 5.41) is 0. The second kappa shape index (κ2) is 4.65. The molecule has 4 heteroatoms. The zero-order chi connectivity index (χ0) is 14.2. The van der Waals surface area contributed by atoms with Crippen LogP contribution in [0.1, 0.15) is 18.4 Å². The van der Waals surface area contributed by atoms with Crippen LogP contribution in [0, 0.1) is 0 Å². The highest BCUT2D eigenvalue weighted by Gasteiger charge is 2.30. The minimum Gasteiger partial charge on any atom is -0.494 e. The number of para-hydroxylation sites is 1. The smallest absolute Gasteiger partial charge is 0.220 e. The Morgan fingerprint density at radius 3 is 2.55 bits per heavy atom. The van der Waals surface area contributed by atoms with Gasteiger partial charge >= 0.3 is 0 Å². The fourth-order valence-corrected chi connectivity index (χ4v) is 2.22. The number of methoxy groups -OCH3 is 1. The van der Waals surface area contributed by atoms with E-state index in [0.29, 0.717) is 22.7 Å². The van der Waals surface area contributed by atoms with Crippen molar-refractivity contribution in [2.24, 2.45) is 5.73 Å². The fraction of sp³-hybridized carbons (Fsp3) is 0.188. The molecule has 0 radical (unpaired) electrons. The Labute approximate surface area is 117 Å². The Hall–Kier alpha value is -2.33. The van der Waals surface area contributed by atoms with Crippen LogP contribution in [0.5, 0.6) is 5.75 Å². The second-order valence-corrected chi connectivity index (χ2v) is 4.89. The molecule has 1 heterocycles. The molecule has 4 nitrogen and oxygen atoms in total. The van der Waals surface area contributed by atoms with E-state index in [9.17, 15) is 0 Å². The predicted molar refractivity (Wildman–Crippen MR) is 77.6 cm³/mol. The average Bonchev–Trinajstić information content (AvgIpc) is 2.93. The minimum absolute atomic E-state index is 0.475. The topological polar surface area (TPSA) is 61.3 Å². The first-order chi connectivity index (χ1) is 9.63. The molecule has 3 aromatic rings. The van der Waals surface area contributed by atoms with Crippen molar-refractivity contribution in [3.8, 4) is 5.75 Å². The molecule has 0 aliphatic rings. The van der Waals surface area contributed by atoms with Gasteiger partial charge in [-0.25, -0.2) is 4.98 Å². The van der Waals surface area contributed by atoms with Gasteiger partial charge in [0.15, 0.2) is 11.1 Å². The first-order valence-electron chi connectivity index (χ1n) is 6.41. The molecule has 0 saturated carbocycles. The number of nitrogens with zero attached hydrogens (tertiary/aromatic N) is 1. The molecule has 0 saturated heterocycles. The van der Waals surface area contributed by atoms with Gasteiger partial charge in [0.2, 0.25) is 5.89 Å². The van der Waals surface area contributed by atoms with Gasteiger partial charge in [-0.2, -0.15) is 0 Å². The maximum atomic E-state index is 6.42. The fourth-order valence-electron chi connectivity index (χ4n) is 2.22. The van der Waals surface area contributed by atoms with Crippen molar-refractivity contribution in [1.82, 2.24) is 4.98 Å². The largest absolute Gasteiger partial charge is 0.494 e. The first kappa shape index (κ1) is 12.7. The number of fused-ring (bicyclic) bond motifs is 1. The summed E-state index contributed by atoms with van der Waals surface area (Å²) in [6.45, 7) is 1.89. The molecule has 1 aromatic heterocycles. The molecule has 0 fully saturated rings. The molecule has 0 bridgehead atoms. The van der Waals surface area contributed by atoms with Crippen molar-refractivity contribution >= 4 is 11.1 Å². The van der Waals surface area contributed by atoms with Gasteiger partial charge in [0.25, 0.3) is 0 Å². The Morgan fingerprint density at radius 1 is 1.10 bits per heavy atom. The SMILES string of the molecule is COc1cccc2oc(C(C)(N)c3ccccc3)nc12. The van der Waals surface area contributed by atoms with Gasteiger partial charge in [-0.05, 0) is 24.6 Å². The summed E-state index contributed by atoms with van der Waals surface area (Å²) < 4.78 is 11.1. The third-order valence-corrected chi connectivity index (χ3v) is 3.42. The van der Waals surface area contributed by atoms with Gasteiger partial charge in [0, 0.05) is 0 Å². The molecule has 0 amide bonds. The summed E-state index contributed by atoms with van der Waals surface area (Å²) in [7, 11) is 1.61. The van der Waals surface area contributed by atoms with Crippen molar-refractivity contribution in [1.29, 1.82) is 0 Å². The predicted octanol–water partition coefficient (Wildman–Crippen LogP) is 3.06. The van der Waals surface area contributed by atoms with Crippen LogP contribution in [0.15, 0.2) is 52.9 Å². The van der Waals surface area contributed by atoms with Crippen LogP contribution >= 0.6 is 0 Å². The lowest BCUT2D eigenvalue weighted by molar-refractivity contribution is 0.418. The van der Waals surface area contributed by atoms with E-state index >= 15 is 0 Å². The molecule has 0 aliphatic heterocycles. The molecule has 2 aromatic carbocycles. The van der Waals surface area contributed by atoms with Crippen molar-refractivity contribution in [3.63, 3.8) is 0 Å². The number of hydrogen-bond acceptors (Lipinski definition) is 4. The number of ether oxygens (including phenoxy) is 1. The van der Waals surface area contributed by atoms with Crippen LogP contribution in [-0.4, -0.2) is 12.1 Å². The molecule has 0 spiro atoms. The highest BCUT2D eigenvalue weighted by molar-refractivity contribution is 5.79. The highest BCUT2D eigenvalue weighted by atomic mass is 16.5. The number of benzene rings is 2. The van der Waals surface area contributed by atoms with E-state index < -0.39 is 5.54 Å². The first-order valence-corrected chi connectivity index (χ1v) is 6.41. The molecule has 0 aliphatic carbocycles. The summed E-state index contributed by atoms with van der Waals surface area (Å²) in [5.41, 5.74) is 7.95.